The predicted octanol–water partition coefficient (Wildman–Crippen LogP) is 14.9. The molecule has 0 N–H and O–H groups in total. The van der Waals surface area contributed by atoms with Crippen LogP contribution in [0, 0.1) is 0 Å². The van der Waals surface area contributed by atoms with E-state index in [0.717, 1.165) is 55.6 Å². The van der Waals surface area contributed by atoms with Crippen LogP contribution < -0.4 is 4.90 Å². The summed E-state index contributed by atoms with van der Waals surface area (Å²) in [6.07, 6.45) is 0. The van der Waals surface area contributed by atoms with Crippen LogP contribution in [0.25, 0.3) is 87.9 Å². The van der Waals surface area contributed by atoms with Gasteiger partial charge in [0.25, 0.3) is 0 Å². The minimum absolute atomic E-state index is 0.638. The lowest BCUT2D eigenvalue weighted by molar-refractivity contribution is 0.623. The number of hydrogen-bond acceptors (Lipinski definition) is 3. The van der Waals surface area contributed by atoms with Crippen molar-refractivity contribution >= 4 is 71.3 Å². The number of para-hydroxylation sites is 1. The molecule has 0 aliphatic rings. The highest BCUT2D eigenvalue weighted by atomic mass is 16.3. The van der Waals surface area contributed by atoms with Gasteiger partial charge in [-0.1, -0.05) is 133 Å². The van der Waals surface area contributed by atoms with Crippen LogP contribution in [0.1, 0.15) is 0 Å². The van der Waals surface area contributed by atoms with Crippen LogP contribution >= 0.6 is 0 Å². The largest absolute Gasteiger partial charge is 0.435 e. The highest BCUT2D eigenvalue weighted by molar-refractivity contribution is 6.14. The molecule has 11 rings (SSSR count). The average molecular weight is 715 g/mol. The lowest BCUT2D eigenvalue weighted by Crippen LogP contribution is -2.09. The number of hydrogen-bond donors (Lipinski definition) is 0. The summed E-state index contributed by atoms with van der Waals surface area (Å²) >= 11 is 0. The van der Waals surface area contributed by atoms with Gasteiger partial charge in [-0.05, 0) is 133 Å². The summed E-state index contributed by atoms with van der Waals surface area (Å²) in [5.41, 5.74) is 10.7. The molecule has 0 bridgehead atoms. The van der Waals surface area contributed by atoms with E-state index in [-0.39, 0.29) is 0 Å². The Kier molecular flexibility index (Phi) is 7.49. The zero-order valence-corrected chi connectivity index (χ0v) is 30.4. The molecule has 3 heteroatoms. The standard InChI is InChI=1S/C53H34N2O/c1-3-11-37(12-4-1)53-54-51-30-26-36-19-20-41(33-50(36)52(51)56-53)38-21-22-40-32-45(29-25-39(40)31-38)55(43-14-5-2-6-15-43)44-27-23-35(24-28-44)49-34-42-13-7-8-16-46(42)47-17-9-10-18-48(47)49/h1-34H. The SMILES string of the molecule is c1ccc(-c2nc3ccc4ccc(-c5ccc6cc(N(c7ccccc7)c7ccc(-c8cc9ccccc9c9ccccc89)cc7)ccc6c5)cc4c3o2)cc1. The van der Waals surface area contributed by atoms with Crippen LogP contribution in [0.2, 0.25) is 0 Å². The van der Waals surface area contributed by atoms with Crippen LogP contribution in [0.5, 0.6) is 0 Å². The molecule has 1 heterocycles. The maximum absolute atomic E-state index is 6.38. The second-order valence-corrected chi connectivity index (χ2v) is 14.4. The molecule has 0 atom stereocenters. The van der Waals surface area contributed by atoms with E-state index in [9.17, 15) is 0 Å². The van der Waals surface area contributed by atoms with Crippen molar-refractivity contribution in [3.63, 3.8) is 0 Å². The molecule has 56 heavy (non-hydrogen) atoms. The van der Waals surface area contributed by atoms with Crippen molar-refractivity contribution in [3.05, 3.63) is 206 Å². The monoisotopic (exact) mass is 714 g/mol. The van der Waals surface area contributed by atoms with Crippen LogP contribution in [-0.2, 0) is 0 Å². The molecule has 11 aromatic rings. The van der Waals surface area contributed by atoms with Crippen molar-refractivity contribution in [3.8, 4) is 33.7 Å². The fraction of sp³-hybridized carbons (Fsp3) is 0. The van der Waals surface area contributed by atoms with E-state index >= 15 is 0 Å². The van der Waals surface area contributed by atoms with E-state index in [4.69, 9.17) is 9.40 Å². The molecule has 10 aromatic carbocycles. The van der Waals surface area contributed by atoms with Gasteiger partial charge in [-0.2, -0.15) is 0 Å². The second-order valence-electron chi connectivity index (χ2n) is 14.4. The van der Waals surface area contributed by atoms with E-state index in [1.807, 2.05) is 36.4 Å². The average Bonchev–Trinajstić information content (AvgIpc) is 3.72. The lowest BCUT2D eigenvalue weighted by Gasteiger charge is -2.26. The summed E-state index contributed by atoms with van der Waals surface area (Å²) in [5, 5.41) is 9.62. The Balaban J connectivity index is 0.957. The first kappa shape index (κ1) is 32.0. The zero-order valence-electron chi connectivity index (χ0n) is 30.4. The number of rotatable bonds is 6. The van der Waals surface area contributed by atoms with E-state index < -0.39 is 0 Å². The maximum atomic E-state index is 6.38. The fourth-order valence-corrected chi connectivity index (χ4v) is 8.25. The van der Waals surface area contributed by atoms with Crippen LogP contribution in [0.3, 0.4) is 0 Å². The normalized spacial score (nSPS) is 11.6. The molecule has 1 aromatic heterocycles. The van der Waals surface area contributed by atoms with Gasteiger partial charge in [-0.25, -0.2) is 4.98 Å². The van der Waals surface area contributed by atoms with Crippen molar-refractivity contribution in [2.45, 2.75) is 0 Å². The number of benzene rings is 10. The maximum Gasteiger partial charge on any atom is 0.227 e. The Bertz CT molecular complexity index is 3240. The molecule has 3 nitrogen and oxygen atoms in total. The van der Waals surface area contributed by atoms with Crippen molar-refractivity contribution in [2.75, 3.05) is 4.90 Å². The number of fused-ring (bicyclic) bond motifs is 7. The van der Waals surface area contributed by atoms with Gasteiger partial charge in [-0.15, -0.1) is 0 Å². The summed E-state index contributed by atoms with van der Waals surface area (Å²) in [7, 11) is 0. The summed E-state index contributed by atoms with van der Waals surface area (Å²) < 4.78 is 6.38. The minimum atomic E-state index is 0.638. The first-order valence-electron chi connectivity index (χ1n) is 19.0. The van der Waals surface area contributed by atoms with Crippen molar-refractivity contribution in [1.29, 1.82) is 0 Å². The molecule has 0 amide bonds. The quantitative estimate of drug-likeness (QED) is 0.161. The van der Waals surface area contributed by atoms with Gasteiger partial charge < -0.3 is 9.32 Å². The Hall–Kier alpha value is -7.49. The Morgan fingerprint density at radius 2 is 0.929 bits per heavy atom. The highest BCUT2D eigenvalue weighted by Crippen LogP contribution is 2.40. The minimum Gasteiger partial charge on any atom is -0.435 e. The molecule has 0 fully saturated rings. The third-order valence-corrected chi connectivity index (χ3v) is 11.0. The van der Waals surface area contributed by atoms with Crippen molar-refractivity contribution in [1.82, 2.24) is 4.98 Å². The lowest BCUT2D eigenvalue weighted by atomic mass is 9.93. The molecule has 0 unspecified atom stereocenters. The van der Waals surface area contributed by atoms with Gasteiger partial charge in [0, 0.05) is 28.0 Å². The molecule has 0 spiro atoms. The fourth-order valence-electron chi connectivity index (χ4n) is 8.25. The van der Waals surface area contributed by atoms with Crippen LogP contribution in [-0.4, -0.2) is 4.98 Å². The van der Waals surface area contributed by atoms with Gasteiger partial charge in [0.05, 0.1) is 0 Å². The molecule has 0 saturated heterocycles. The molecule has 262 valence electrons. The first-order valence-corrected chi connectivity index (χ1v) is 19.0. The molecule has 0 aliphatic carbocycles. The van der Waals surface area contributed by atoms with Crippen LogP contribution in [0.15, 0.2) is 211 Å². The topological polar surface area (TPSA) is 29.3 Å². The number of nitrogens with zero attached hydrogens (tertiary/aromatic N) is 2. The number of oxazole rings is 1. The second kappa shape index (κ2) is 13.1. The predicted molar refractivity (Wildman–Crippen MR) is 235 cm³/mol. The summed E-state index contributed by atoms with van der Waals surface area (Å²) in [6.45, 7) is 0. The van der Waals surface area contributed by atoms with Crippen molar-refractivity contribution in [2.24, 2.45) is 0 Å². The van der Waals surface area contributed by atoms with E-state index in [1.54, 1.807) is 0 Å². The number of anilines is 3. The third-order valence-electron chi connectivity index (χ3n) is 11.0. The van der Waals surface area contributed by atoms with Gasteiger partial charge >= 0.3 is 0 Å². The summed E-state index contributed by atoms with van der Waals surface area (Å²) in [6, 6.07) is 73.7. The molecule has 0 radical (unpaired) electrons. The third kappa shape index (κ3) is 5.49. The van der Waals surface area contributed by atoms with Gasteiger partial charge in [0.1, 0.15) is 5.52 Å². The van der Waals surface area contributed by atoms with E-state index in [0.29, 0.717) is 5.89 Å². The Morgan fingerprint density at radius 3 is 1.75 bits per heavy atom. The van der Waals surface area contributed by atoms with E-state index in [1.165, 1.54) is 43.4 Å². The smallest absolute Gasteiger partial charge is 0.227 e. The molecular formula is C53H34N2O. The Labute approximate surface area is 324 Å². The van der Waals surface area contributed by atoms with Gasteiger partial charge in [0.15, 0.2) is 5.58 Å². The summed E-state index contributed by atoms with van der Waals surface area (Å²) in [4.78, 5) is 7.15. The molecule has 0 aliphatic heterocycles. The number of aromatic nitrogens is 1. The van der Waals surface area contributed by atoms with E-state index in [2.05, 4.69) is 175 Å². The van der Waals surface area contributed by atoms with Gasteiger partial charge in [0.2, 0.25) is 5.89 Å². The Morgan fingerprint density at radius 1 is 0.339 bits per heavy atom. The van der Waals surface area contributed by atoms with Gasteiger partial charge in [-0.3, -0.25) is 0 Å². The molecule has 0 saturated carbocycles. The molecular weight excluding hydrogens is 681 g/mol. The first-order chi connectivity index (χ1) is 27.7. The highest BCUT2D eigenvalue weighted by Gasteiger charge is 2.16. The van der Waals surface area contributed by atoms with Crippen molar-refractivity contribution < 1.29 is 4.42 Å². The zero-order chi connectivity index (χ0) is 37.0. The van der Waals surface area contributed by atoms with Crippen LogP contribution in [0.4, 0.5) is 17.1 Å². The summed E-state index contributed by atoms with van der Waals surface area (Å²) in [5.74, 6) is 0.638.